The van der Waals surface area contributed by atoms with Crippen molar-refractivity contribution in [3.63, 3.8) is 0 Å². The number of carbonyl (C=O) groups excluding carboxylic acids is 1. The molecule has 126 valence electrons. The highest BCUT2D eigenvalue weighted by atomic mass is 35.5. The van der Waals surface area contributed by atoms with E-state index in [4.69, 9.17) is 23.2 Å². The van der Waals surface area contributed by atoms with E-state index in [0.29, 0.717) is 21.3 Å². The van der Waals surface area contributed by atoms with Gasteiger partial charge in [0.25, 0.3) is 5.91 Å². The zero-order chi connectivity index (χ0) is 17.8. The Balaban J connectivity index is 1.77. The SMILES string of the molecule is O=C(NCc1cccc[n+]1[O-])c1cccc(-c2ccc(Cl)c(Cl)c2)c1. The molecule has 0 atom stereocenters. The van der Waals surface area contributed by atoms with Gasteiger partial charge in [-0.2, -0.15) is 4.73 Å². The Morgan fingerprint density at radius 1 is 0.960 bits per heavy atom. The van der Waals surface area contributed by atoms with Gasteiger partial charge in [-0.15, -0.1) is 0 Å². The van der Waals surface area contributed by atoms with E-state index < -0.39 is 0 Å². The highest BCUT2D eigenvalue weighted by Crippen LogP contribution is 2.28. The quantitative estimate of drug-likeness (QED) is 0.550. The van der Waals surface area contributed by atoms with Crippen LogP contribution in [0.5, 0.6) is 0 Å². The Bertz CT molecular complexity index is 929. The number of benzene rings is 2. The van der Waals surface area contributed by atoms with Gasteiger partial charge in [0.15, 0.2) is 6.20 Å². The summed E-state index contributed by atoms with van der Waals surface area (Å²) < 4.78 is 0.729. The Labute approximate surface area is 155 Å². The van der Waals surface area contributed by atoms with Gasteiger partial charge in [0.1, 0.15) is 6.54 Å². The van der Waals surface area contributed by atoms with Gasteiger partial charge in [0.2, 0.25) is 5.69 Å². The molecular weight excluding hydrogens is 359 g/mol. The van der Waals surface area contributed by atoms with Crippen molar-refractivity contribution in [2.24, 2.45) is 0 Å². The second-order valence-corrected chi connectivity index (χ2v) is 6.22. The molecule has 25 heavy (non-hydrogen) atoms. The predicted molar refractivity (Wildman–Crippen MR) is 98.5 cm³/mol. The van der Waals surface area contributed by atoms with Crippen molar-refractivity contribution in [2.75, 3.05) is 0 Å². The summed E-state index contributed by atoms with van der Waals surface area (Å²) in [4.78, 5) is 12.4. The maximum Gasteiger partial charge on any atom is 0.251 e. The van der Waals surface area contributed by atoms with Crippen LogP contribution in [0.15, 0.2) is 66.9 Å². The van der Waals surface area contributed by atoms with Crippen LogP contribution in [0, 0.1) is 5.21 Å². The topological polar surface area (TPSA) is 56.0 Å². The fourth-order valence-corrected chi connectivity index (χ4v) is 2.69. The van der Waals surface area contributed by atoms with E-state index in [1.165, 1.54) is 6.20 Å². The number of hydrogen-bond acceptors (Lipinski definition) is 2. The number of pyridine rings is 1. The second kappa shape index (κ2) is 7.55. The summed E-state index contributed by atoms with van der Waals surface area (Å²) in [6, 6.07) is 17.5. The van der Waals surface area contributed by atoms with Crippen molar-refractivity contribution in [3.05, 3.63) is 93.4 Å². The molecule has 2 aromatic carbocycles. The van der Waals surface area contributed by atoms with Crippen LogP contribution in [0.1, 0.15) is 16.1 Å². The van der Waals surface area contributed by atoms with Gasteiger partial charge in [0.05, 0.1) is 10.0 Å². The smallest absolute Gasteiger partial charge is 0.251 e. The monoisotopic (exact) mass is 372 g/mol. The van der Waals surface area contributed by atoms with Crippen LogP contribution in [0.4, 0.5) is 0 Å². The minimum absolute atomic E-state index is 0.153. The Morgan fingerprint density at radius 2 is 1.76 bits per heavy atom. The summed E-state index contributed by atoms with van der Waals surface area (Å²) in [5, 5.41) is 15.3. The molecule has 0 bridgehead atoms. The summed E-state index contributed by atoms with van der Waals surface area (Å²) in [5.41, 5.74) is 2.68. The molecule has 6 heteroatoms. The van der Waals surface area contributed by atoms with Crippen LogP contribution in [0.3, 0.4) is 0 Å². The normalized spacial score (nSPS) is 10.5. The average Bonchev–Trinajstić information content (AvgIpc) is 2.63. The first-order chi connectivity index (χ1) is 12.0. The summed E-state index contributed by atoms with van der Waals surface area (Å²) in [6.07, 6.45) is 1.40. The molecule has 0 unspecified atom stereocenters. The lowest BCUT2D eigenvalue weighted by Gasteiger charge is -2.08. The summed E-state index contributed by atoms with van der Waals surface area (Å²) in [6.45, 7) is 0.153. The standard InChI is InChI=1S/C19H14Cl2N2O2/c20-17-8-7-14(11-18(17)21)13-4-3-5-15(10-13)19(24)22-12-16-6-1-2-9-23(16)25/h1-11H,12H2,(H,22,24). The minimum Gasteiger partial charge on any atom is -0.618 e. The second-order valence-electron chi connectivity index (χ2n) is 5.41. The van der Waals surface area contributed by atoms with E-state index in [9.17, 15) is 10.0 Å². The molecule has 1 N–H and O–H groups in total. The molecular formula is C19H14Cl2N2O2. The van der Waals surface area contributed by atoms with Crippen LogP contribution in [-0.4, -0.2) is 5.91 Å². The average molecular weight is 373 g/mol. The summed E-state index contributed by atoms with van der Waals surface area (Å²) >= 11 is 12.0. The number of halogens is 2. The molecule has 4 nitrogen and oxygen atoms in total. The molecule has 0 aliphatic carbocycles. The van der Waals surface area contributed by atoms with E-state index >= 15 is 0 Å². The van der Waals surface area contributed by atoms with Crippen LogP contribution in [0.2, 0.25) is 10.0 Å². The van der Waals surface area contributed by atoms with E-state index in [1.807, 2.05) is 12.1 Å². The molecule has 0 radical (unpaired) electrons. The van der Waals surface area contributed by atoms with Gasteiger partial charge < -0.3 is 10.5 Å². The fraction of sp³-hybridized carbons (Fsp3) is 0.0526. The molecule has 1 aromatic heterocycles. The Kier molecular flexibility index (Phi) is 5.22. The molecule has 1 heterocycles. The first-order valence-corrected chi connectivity index (χ1v) is 8.31. The van der Waals surface area contributed by atoms with Crippen molar-refractivity contribution in [1.29, 1.82) is 0 Å². The number of carbonyl (C=O) groups is 1. The van der Waals surface area contributed by atoms with Gasteiger partial charge in [-0.05, 0) is 41.5 Å². The maximum absolute atomic E-state index is 12.4. The molecule has 0 aliphatic rings. The lowest BCUT2D eigenvalue weighted by Crippen LogP contribution is -2.35. The van der Waals surface area contributed by atoms with Crippen LogP contribution < -0.4 is 10.0 Å². The molecule has 0 spiro atoms. The lowest BCUT2D eigenvalue weighted by atomic mass is 10.0. The molecule has 3 aromatic rings. The van der Waals surface area contributed by atoms with Crippen molar-refractivity contribution < 1.29 is 9.52 Å². The van der Waals surface area contributed by atoms with E-state index in [2.05, 4.69) is 5.32 Å². The van der Waals surface area contributed by atoms with Gasteiger partial charge in [-0.1, -0.05) is 41.4 Å². The minimum atomic E-state index is -0.259. The van der Waals surface area contributed by atoms with Crippen molar-refractivity contribution >= 4 is 29.1 Å². The molecule has 3 rings (SSSR count). The first-order valence-electron chi connectivity index (χ1n) is 7.55. The molecule has 1 amide bonds. The first kappa shape index (κ1) is 17.3. The van der Waals surface area contributed by atoms with Gasteiger partial charge in [0, 0.05) is 17.7 Å². The molecule has 0 fully saturated rings. The third kappa shape index (κ3) is 4.10. The van der Waals surface area contributed by atoms with Crippen LogP contribution in [-0.2, 0) is 6.54 Å². The Morgan fingerprint density at radius 3 is 2.52 bits per heavy atom. The molecule has 0 aliphatic heterocycles. The predicted octanol–water partition coefficient (Wildman–Crippen LogP) is 4.22. The third-order valence-electron chi connectivity index (χ3n) is 3.71. The number of rotatable bonds is 4. The number of nitrogens with one attached hydrogen (secondary N) is 1. The zero-order valence-corrected chi connectivity index (χ0v) is 14.6. The van der Waals surface area contributed by atoms with Gasteiger partial charge in [-0.25, -0.2) is 0 Å². The Hall–Kier alpha value is -2.56. The number of nitrogens with zero attached hydrogens (tertiary/aromatic N) is 1. The fourth-order valence-electron chi connectivity index (χ4n) is 2.39. The van der Waals surface area contributed by atoms with Crippen LogP contribution >= 0.6 is 23.2 Å². The largest absolute Gasteiger partial charge is 0.618 e. The van der Waals surface area contributed by atoms with Crippen molar-refractivity contribution in [2.45, 2.75) is 6.54 Å². The van der Waals surface area contributed by atoms with Gasteiger partial charge >= 0.3 is 0 Å². The summed E-state index contributed by atoms with van der Waals surface area (Å²) in [7, 11) is 0. The number of aromatic nitrogens is 1. The van der Waals surface area contributed by atoms with Crippen molar-refractivity contribution in [1.82, 2.24) is 5.32 Å². The maximum atomic E-state index is 12.4. The zero-order valence-electron chi connectivity index (χ0n) is 13.1. The molecule has 0 saturated carbocycles. The van der Waals surface area contributed by atoms with Crippen LogP contribution in [0.25, 0.3) is 11.1 Å². The van der Waals surface area contributed by atoms with Gasteiger partial charge in [-0.3, -0.25) is 4.79 Å². The van der Waals surface area contributed by atoms with E-state index in [1.54, 1.807) is 48.5 Å². The molecule has 0 saturated heterocycles. The number of hydrogen-bond donors (Lipinski definition) is 1. The van der Waals surface area contributed by atoms with Crippen molar-refractivity contribution in [3.8, 4) is 11.1 Å². The van der Waals surface area contributed by atoms with E-state index in [-0.39, 0.29) is 12.5 Å². The highest BCUT2D eigenvalue weighted by molar-refractivity contribution is 6.42. The highest BCUT2D eigenvalue weighted by Gasteiger charge is 2.10. The van der Waals surface area contributed by atoms with E-state index in [0.717, 1.165) is 15.9 Å². The summed E-state index contributed by atoms with van der Waals surface area (Å²) in [5.74, 6) is -0.259. The lowest BCUT2D eigenvalue weighted by molar-refractivity contribution is -0.614. The third-order valence-corrected chi connectivity index (χ3v) is 4.45. The number of amides is 1.